The lowest BCUT2D eigenvalue weighted by Crippen LogP contribution is -2.15. The van der Waals surface area contributed by atoms with Crippen molar-refractivity contribution in [1.82, 2.24) is 4.90 Å². The Labute approximate surface area is 64.2 Å². The molecule has 0 aromatic carbocycles. The van der Waals surface area contributed by atoms with Gasteiger partial charge < -0.3 is 9.64 Å². The second-order valence-electron chi connectivity index (χ2n) is 3.08. The van der Waals surface area contributed by atoms with Crippen molar-refractivity contribution in [3.63, 3.8) is 0 Å². The van der Waals surface area contributed by atoms with Crippen molar-refractivity contribution in [2.45, 2.75) is 26.4 Å². The summed E-state index contributed by atoms with van der Waals surface area (Å²) in [6.07, 6.45) is 1.51. The van der Waals surface area contributed by atoms with Crippen LogP contribution in [0.1, 0.15) is 20.3 Å². The van der Waals surface area contributed by atoms with Crippen molar-refractivity contribution in [3.05, 3.63) is 0 Å². The number of hydrogen-bond acceptors (Lipinski definition) is 2. The molecule has 0 saturated carbocycles. The highest BCUT2D eigenvalue weighted by molar-refractivity contribution is 4.44. The van der Waals surface area contributed by atoms with Crippen molar-refractivity contribution in [1.29, 1.82) is 0 Å². The van der Waals surface area contributed by atoms with Gasteiger partial charge in [-0.15, -0.1) is 0 Å². The molecule has 0 atom stereocenters. The lowest BCUT2D eigenvalue weighted by molar-refractivity contribution is 0.0733. The van der Waals surface area contributed by atoms with Crippen LogP contribution < -0.4 is 0 Å². The predicted molar refractivity (Wildman–Crippen MR) is 44.3 cm³/mol. The van der Waals surface area contributed by atoms with E-state index >= 15 is 0 Å². The fourth-order valence-electron chi connectivity index (χ4n) is 0.700. The van der Waals surface area contributed by atoms with Crippen LogP contribution in [0.25, 0.3) is 0 Å². The summed E-state index contributed by atoms with van der Waals surface area (Å²) in [6, 6.07) is 0. The van der Waals surface area contributed by atoms with E-state index in [1.807, 2.05) is 0 Å². The highest BCUT2D eigenvalue weighted by atomic mass is 16.5. The number of ether oxygens (including phenoxy) is 1. The van der Waals surface area contributed by atoms with E-state index in [2.05, 4.69) is 32.8 Å². The molecule has 2 heteroatoms. The van der Waals surface area contributed by atoms with Crippen LogP contribution in [-0.2, 0) is 4.74 Å². The Bertz CT molecular complexity index is 61.7. The van der Waals surface area contributed by atoms with E-state index in [-0.39, 0.29) is 0 Å². The van der Waals surface area contributed by atoms with Crippen LogP contribution in [0.4, 0.5) is 0 Å². The van der Waals surface area contributed by atoms with Crippen LogP contribution in [0, 0.1) is 0 Å². The van der Waals surface area contributed by atoms with Gasteiger partial charge in [-0.1, -0.05) is 0 Å². The van der Waals surface area contributed by atoms with Gasteiger partial charge in [0.25, 0.3) is 0 Å². The van der Waals surface area contributed by atoms with Gasteiger partial charge in [0.1, 0.15) is 0 Å². The summed E-state index contributed by atoms with van der Waals surface area (Å²) >= 11 is 0. The Morgan fingerprint density at radius 2 is 1.90 bits per heavy atom. The molecular formula is C8H19NO. The maximum Gasteiger partial charge on any atom is 0.0518 e. The average Bonchev–Trinajstić information content (AvgIpc) is 1.79. The minimum atomic E-state index is 0.377. The first kappa shape index (κ1) is 9.92. The van der Waals surface area contributed by atoms with Gasteiger partial charge in [0, 0.05) is 6.61 Å². The van der Waals surface area contributed by atoms with Gasteiger partial charge in [-0.3, -0.25) is 0 Å². The number of nitrogens with zero attached hydrogens (tertiary/aromatic N) is 1. The van der Waals surface area contributed by atoms with Crippen LogP contribution >= 0.6 is 0 Å². The molecule has 10 heavy (non-hydrogen) atoms. The van der Waals surface area contributed by atoms with E-state index in [1.165, 1.54) is 0 Å². The molecule has 0 rings (SSSR count). The van der Waals surface area contributed by atoms with Gasteiger partial charge in [0.05, 0.1) is 6.10 Å². The Kier molecular flexibility index (Phi) is 5.64. The normalized spacial score (nSPS) is 11.4. The second-order valence-corrected chi connectivity index (χ2v) is 3.08. The Balaban J connectivity index is 2.91. The predicted octanol–water partition coefficient (Wildman–Crippen LogP) is 1.36. The summed E-state index contributed by atoms with van der Waals surface area (Å²) in [7, 11) is 4.16. The van der Waals surface area contributed by atoms with Gasteiger partial charge in [0.15, 0.2) is 0 Å². The minimum absolute atomic E-state index is 0.377. The first-order valence-electron chi connectivity index (χ1n) is 3.89. The largest absolute Gasteiger partial charge is 0.379 e. The van der Waals surface area contributed by atoms with E-state index in [9.17, 15) is 0 Å². The molecule has 2 nitrogen and oxygen atoms in total. The monoisotopic (exact) mass is 145 g/mol. The third-order valence-corrected chi connectivity index (χ3v) is 1.20. The molecular weight excluding hydrogens is 126 g/mol. The van der Waals surface area contributed by atoms with Crippen LogP contribution in [0.15, 0.2) is 0 Å². The maximum absolute atomic E-state index is 5.37. The molecule has 0 aliphatic carbocycles. The van der Waals surface area contributed by atoms with Gasteiger partial charge >= 0.3 is 0 Å². The van der Waals surface area contributed by atoms with E-state index in [0.29, 0.717) is 6.10 Å². The van der Waals surface area contributed by atoms with Gasteiger partial charge in [-0.05, 0) is 40.9 Å². The standard InChI is InChI=1S/C8H19NO/c1-8(2)10-7-5-6-9(3)4/h8H,5-7H2,1-4H3. The van der Waals surface area contributed by atoms with Crippen molar-refractivity contribution < 1.29 is 4.74 Å². The van der Waals surface area contributed by atoms with Crippen LogP contribution in [0.5, 0.6) is 0 Å². The molecule has 62 valence electrons. The van der Waals surface area contributed by atoms with E-state index in [1.54, 1.807) is 0 Å². The number of hydrogen-bond donors (Lipinski definition) is 0. The number of rotatable bonds is 5. The topological polar surface area (TPSA) is 12.5 Å². The summed E-state index contributed by atoms with van der Waals surface area (Å²) in [5, 5.41) is 0. The Morgan fingerprint density at radius 3 is 2.30 bits per heavy atom. The lowest BCUT2D eigenvalue weighted by Gasteiger charge is -2.10. The second kappa shape index (κ2) is 5.69. The zero-order valence-corrected chi connectivity index (χ0v) is 7.55. The third-order valence-electron chi connectivity index (χ3n) is 1.20. The molecule has 0 bridgehead atoms. The molecule has 0 spiro atoms. The molecule has 0 saturated heterocycles. The smallest absolute Gasteiger partial charge is 0.0518 e. The fourth-order valence-corrected chi connectivity index (χ4v) is 0.700. The molecule has 0 unspecified atom stereocenters. The van der Waals surface area contributed by atoms with Gasteiger partial charge in [-0.2, -0.15) is 0 Å². The molecule has 0 aliphatic rings. The molecule has 0 aromatic heterocycles. The van der Waals surface area contributed by atoms with E-state index in [0.717, 1.165) is 19.6 Å². The van der Waals surface area contributed by atoms with Crippen molar-refractivity contribution in [2.24, 2.45) is 0 Å². The molecule has 0 radical (unpaired) electrons. The Hall–Kier alpha value is -0.0800. The van der Waals surface area contributed by atoms with E-state index < -0.39 is 0 Å². The van der Waals surface area contributed by atoms with E-state index in [4.69, 9.17) is 4.74 Å². The summed E-state index contributed by atoms with van der Waals surface area (Å²) in [4.78, 5) is 2.17. The molecule has 0 aromatic rings. The summed E-state index contributed by atoms with van der Waals surface area (Å²) in [5.74, 6) is 0. The average molecular weight is 145 g/mol. The molecule has 0 N–H and O–H groups in total. The third kappa shape index (κ3) is 7.92. The zero-order valence-electron chi connectivity index (χ0n) is 7.55. The van der Waals surface area contributed by atoms with Crippen LogP contribution in [-0.4, -0.2) is 38.3 Å². The fraction of sp³-hybridized carbons (Fsp3) is 1.00. The van der Waals surface area contributed by atoms with Crippen LogP contribution in [0.3, 0.4) is 0 Å². The first-order chi connectivity index (χ1) is 4.63. The van der Waals surface area contributed by atoms with Gasteiger partial charge in [0.2, 0.25) is 0 Å². The molecule has 0 fully saturated rings. The van der Waals surface area contributed by atoms with Crippen molar-refractivity contribution in [2.75, 3.05) is 27.2 Å². The zero-order chi connectivity index (χ0) is 7.98. The summed E-state index contributed by atoms with van der Waals surface area (Å²) < 4.78 is 5.37. The molecule has 0 heterocycles. The quantitative estimate of drug-likeness (QED) is 0.542. The first-order valence-corrected chi connectivity index (χ1v) is 3.89. The van der Waals surface area contributed by atoms with Crippen molar-refractivity contribution in [3.8, 4) is 0 Å². The Morgan fingerprint density at radius 1 is 1.30 bits per heavy atom. The van der Waals surface area contributed by atoms with Crippen molar-refractivity contribution >= 4 is 0 Å². The maximum atomic E-state index is 5.37. The highest BCUT2D eigenvalue weighted by Gasteiger charge is 1.93. The SMILES string of the molecule is CC(C)OCCCN(C)C. The summed E-state index contributed by atoms with van der Waals surface area (Å²) in [5.41, 5.74) is 0. The highest BCUT2D eigenvalue weighted by Crippen LogP contribution is 1.90. The summed E-state index contributed by atoms with van der Waals surface area (Å²) in [6.45, 7) is 6.13. The van der Waals surface area contributed by atoms with Gasteiger partial charge in [-0.25, -0.2) is 0 Å². The molecule has 0 amide bonds. The minimum Gasteiger partial charge on any atom is -0.379 e. The molecule has 0 aliphatic heterocycles. The van der Waals surface area contributed by atoms with Crippen LogP contribution in [0.2, 0.25) is 0 Å². The lowest BCUT2D eigenvalue weighted by atomic mass is 10.4.